The summed E-state index contributed by atoms with van der Waals surface area (Å²) in [6, 6.07) is 7.43. The Balaban J connectivity index is 0.000000659. The first-order valence-corrected chi connectivity index (χ1v) is 11.0. The number of allylic oxidation sites excluding steroid dienone is 7. The highest BCUT2D eigenvalue weighted by Gasteiger charge is 1.99. The standard InChI is InChI=1S/C16H23NO3.C8H11N.C3H6/c1-3-4-5-13(2)10-17-11-14-6-8-15(9-7-14)20-12-16(18)19;1-7-5-3-2-4-6-8(7)9;1-3-2/h6-10,17H,3-5,11-12H2,1-2H3,(H,18,19);2,4-6H,3,9H2,1H3;3H,1H2,2H3/b13-10+;;. The van der Waals surface area contributed by atoms with E-state index in [2.05, 4.69) is 44.1 Å². The smallest absolute Gasteiger partial charge is 0.341 e. The zero-order chi connectivity index (χ0) is 24.2. The van der Waals surface area contributed by atoms with E-state index in [1.807, 2.05) is 38.1 Å². The molecule has 5 nitrogen and oxygen atoms in total. The van der Waals surface area contributed by atoms with E-state index in [9.17, 15) is 4.79 Å². The van der Waals surface area contributed by atoms with Gasteiger partial charge >= 0.3 is 5.97 Å². The van der Waals surface area contributed by atoms with Gasteiger partial charge in [-0.2, -0.15) is 0 Å². The summed E-state index contributed by atoms with van der Waals surface area (Å²) in [6.45, 7) is 12.0. The molecule has 4 N–H and O–H groups in total. The molecule has 5 heteroatoms. The molecule has 32 heavy (non-hydrogen) atoms. The lowest BCUT2D eigenvalue weighted by Gasteiger charge is -2.06. The number of benzene rings is 1. The maximum Gasteiger partial charge on any atom is 0.341 e. The Bertz CT molecular complexity index is 788. The zero-order valence-electron chi connectivity index (χ0n) is 20.1. The van der Waals surface area contributed by atoms with Crippen molar-refractivity contribution in [3.05, 3.63) is 89.8 Å². The Kier molecular flexibility index (Phi) is 16.7. The highest BCUT2D eigenvalue weighted by Crippen LogP contribution is 2.12. The van der Waals surface area contributed by atoms with Gasteiger partial charge in [0.05, 0.1) is 0 Å². The third-order valence-electron chi connectivity index (χ3n) is 4.29. The van der Waals surface area contributed by atoms with Crippen LogP contribution in [0.4, 0.5) is 0 Å². The number of rotatable bonds is 9. The molecule has 2 rings (SSSR count). The van der Waals surface area contributed by atoms with Gasteiger partial charge in [0.15, 0.2) is 6.61 Å². The Morgan fingerprint density at radius 1 is 1.31 bits per heavy atom. The van der Waals surface area contributed by atoms with Gasteiger partial charge in [0.25, 0.3) is 0 Å². The first-order chi connectivity index (χ1) is 15.3. The van der Waals surface area contributed by atoms with Crippen molar-refractivity contribution in [2.75, 3.05) is 6.61 Å². The SMILES string of the molecule is C=CC.CC1=CCC=CC=C1N.CCCC/C(C)=C/NCc1ccc(OCC(=O)O)cc1. The average Bonchev–Trinajstić information content (AvgIpc) is 2.96. The van der Waals surface area contributed by atoms with Gasteiger partial charge in [0, 0.05) is 12.2 Å². The lowest BCUT2D eigenvalue weighted by atomic mass is 10.1. The number of unbranched alkanes of at least 4 members (excludes halogenated alkanes) is 1. The van der Waals surface area contributed by atoms with Crippen molar-refractivity contribution in [2.45, 2.75) is 59.9 Å². The number of hydrogen-bond donors (Lipinski definition) is 3. The van der Waals surface area contributed by atoms with Crippen LogP contribution in [0, 0.1) is 0 Å². The molecule has 176 valence electrons. The van der Waals surface area contributed by atoms with E-state index in [1.165, 1.54) is 24.0 Å². The van der Waals surface area contributed by atoms with E-state index in [-0.39, 0.29) is 6.61 Å². The third-order valence-corrected chi connectivity index (χ3v) is 4.29. The number of nitrogens with one attached hydrogen (secondary N) is 1. The van der Waals surface area contributed by atoms with Gasteiger partial charge in [-0.25, -0.2) is 4.79 Å². The molecule has 0 saturated carbocycles. The fraction of sp³-hybridized carbons (Fsp3) is 0.370. The monoisotopic (exact) mass is 440 g/mol. The minimum atomic E-state index is -0.969. The molecule has 0 atom stereocenters. The number of ether oxygens (including phenoxy) is 1. The van der Waals surface area contributed by atoms with E-state index in [0.29, 0.717) is 5.75 Å². The molecule has 0 bridgehead atoms. The third kappa shape index (κ3) is 15.6. The Morgan fingerprint density at radius 3 is 2.56 bits per heavy atom. The largest absolute Gasteiger partial charge is 0.482 e. The van der Waals surface area contributed by atoms with Gasteiger partial charge < -0.3 is 20.9 Å². The molecule has 1 aliphatic carbocycles. The molecule has 0 aliphatic heterocycles. The van der Waals surface area contributed by atoms with E-state index in [0.717, 1.165) is 30.6 Å². The second kappa shape index (κ2) is 18.6. The van der Waals surface area contributed by atoms with Crippen LogP contribution in [0.3, 0.4) is 0 Å². The number of hydrogen-bond acceptors (Lipinski definition) is 4. The highest BCUT2D eigenvalue weighted by atomic mass is 16.5. The fourth-order valence-corrected chi connectivity index (χ4v) is 2.46. The molecule has 0 amide bonds. The lowest BCUT2D eigenvalue weighted by Crippen LogP contribution is -2.09. The molecule has 0 unspecified atom stereocenters. The molecular formula is C27H40N2O3. The number of aliphatic carboxylic acids is 1. The normalized spacial score (nSPS) is 12.6. The molecule has 0 aromatic heterocycles. The summed E-state index contributed by atoms with van der Waals surface area (Å²) in [6.07, 6.45) is 16.5. The van der Waals surface area contributed by atoms with Crippen molar-refractivity contribution in [1.29, 1.82) is 0 Å². The van der Waals surface area contributed by atoms with Crippen molar-refractivity contribution in [1.82, 2.24) is 5.32 Å². The average molecular weight is 441 g/mol. The van der Waals surface area contributed by atoms with Crippen LogP contribution >= 0.6 is 0 Å². The quantitative estimate of drug-likeness (QED) is 0.395. The molecular weight excluding hydrogens is 400 g/mol. The van der Waals surface area contributed by atoms with E-state index < -0.39 is 5.97 Å². The Labute approximate surface area is 194 Å². The van der Waals surface area contributed by atoms with Crippen LogP contribution in [-0.2, 0) is 11.3 Å². The van der Waals surface area contributed by atoms with Crippen molar-refractivity contribution in [3.63, 3.8) is 0 Å². The van der Waals surface area contributed by atoms with Crippen LogP contribution in [0.25, 0.3) is 0 Å². The van der Waals surface area contributed by atoms with Crippen molar-refractivity contribution < 1.29 is 14.6 Å². The van der Waals surface area contributed by atoms with Gasteiger partial charge in [-0.15, -0.1) is 6.58 Å². The Hall–Kier alpha value is -3.21. The topological polar surface area (TPSA) is 84.6 Å². The van der Waals surface area contributed by atoms with Crippen LogP contribution in [0.1, 0.15) is 58.9 Å². The molecule has 0 radical (unpaired) electrons. The van der Waals surface area contributed by atoms with E-state index in [1.54, 1.807) is 18.2 Å². The molecule has 1 aliphatic rings. The molecule has 0 spiro atoms. The van der Waals surface area contributed by atoms with Crippen LogP contribution < -0.4 is 15.8 Å². The minimum Gasteiger partial charge on any atom is -0.482 e. The molecule has 0 saturated heterocycles. The van der Waals surface area contributed by atoms with Crippen molar-refractivity contribution >= 4 is 5.97 Å². The van der Waals surface area contributed by atoms with Gasteiger partial charge in [0.1, 0.15) is 5.75 Å². The van der Waals surface area contributed by atoms with E-state index >= 15 is 0 Å². The Morgan fingerprint density at radius 2 is 1.97 bits per heavy atom. The molecule has 0 heterocycles. The predicted molar refractivity (Wildman–Crippen MR) is 135 cm³/mol. The lowest BCUT2D eigenvalue weighted by molar-refractivity contribution is -0.139. The van der Waals surface area contributed by atoms with Gasteiger partial charge in [-0.05, 0) is 75.6 Å². The highest BCUT2D eigenvalue weighted by molar-refractivity contribution is 5.68. The molecule has 1 aromatic carbocycles. The summed E-state index contributed by atoms with van der Waals surface area (Å²) >= 11 is 0. The second-order valence-corrected chi connectivity index (χ2v) is 7.38. The van der Waals surface area contributed by atoms with Gasteiger partial charge in [-0.3, -0.25) is 0 Å². The maximum atomic E-state index is 10.4. The first kappa shape index (κ1) is 28.8. The molecule has 0 fully saturated rings. The summed E-state index contributed by atoms with van der Waals surface area (Å²) in [5.74, 6) is -0.394. The van der Waals surface area contributed by atoms with Gasteiger partial charge in [-0.1, -0.05) is 55.4 Å². The molecule has 1 aromatic rings. The zero-order valence-corrected chi connectivity index (χ0v) is 20.1. The van der Waals surface area contributed by atoms with Crippen LogP contribution in [0.5, 0.6) is 5.75 Å². The number of carboxylic acids is 1. The summed E-state index contributed by atoms with van der Waals surface area (Å²) < 4.78 is 5.08. The van der Waals surface area contributed by atoms with Crippen LogP contribution in [-0.4, -0.2) is 17.7 Å². The summed E-state index contributed by atoms with van der Waals surface area (Å²) in [7, 11) is 0. The van der Waals surface area contributed by atoms with Crippen LogP contribution in [0.2, 0.25) is 0 Å². The van der Waals surface area contributed by atoms with Crippen molar-refractivity contribution in [3.8, 4) is 5.75 Å². The minimum absolute atomic E-state index is 0.309. The first-order valence-electron chi connectivity index (χ1n) is 11.0. The maximum absolute atomic E-state index is 10.4. The van der Waals surface area contributed by atoms with Gasteiger partial charge in [0.2, 0.25) is 0 Å². The summed E-state index contributed by atoms with van der Waals surface area (Å²) in [5, 5.41) is 11.8. The fourth-order valence-electron chi connectivity index (χ4n) is 2.46. The van der Waals surface area contributed by atoms with Crippen LogP contribution in [0.15, 0.2) is 84.3 Å². The van der Waals surface area contributed by atoms with E-state index in [4.69, 9.17) is 15.6 Å². The summed E-state index contributed by atoms with van der Waals surface area (Å²) in [4.78, 5) is 10.4. The number of carboxylic acid groups (broad SMARTS) is 1. The predicted octanol–water partition coefficient (Wildman–Crippen LogP) is 6.26. The summed E-state index contributed by atoms with van der Waals surface area (Å²) in [5.41, 5.74) is 10.2. The second-order valence-electron chi connectivity index (χ2n) is 7.38. The number of carbonyl (C=O) groups is 1. The van der Waals surface area contributed by atoms with Crippen molar-refractivity contribution in [2.24, 2.45) is 5.73 Å². The number of nitrogens with two attached hydrogens (primary N) is 1.